The highest BCUT2D eigenvalue weighted by Crippen LogP contribution is 2.58. The van der Waals surface area contributed by atoms with Crippen LogP contribution in [-0.2, 0) is 4.74 Å². The van der Waals surface area contributed by atoms with Crippen LogP contribution in [0.3, 0.4) is 0 Å². The van der Waals surface area contributed by atoms with Gasteiger partial charge in [-0.15, -0.1) is 0 Å². The molecule has 4 aliphatic rings. The minimum absolute atomic E-state index is 0.00319. The Morgan fingerprint density at radius 3 is 2.53 bits per heavy atom. The van der Waals surface area contributed by atoms with Crippen LogP contribution in [0.4, 0.5) is 0 Å². The average Bonchev–Trinajstić information content (AvgIpc) is 2.36. The lowest BCUT2D eigenvalue weighted by Gasteiger charge is -2.48. The van der Waals surface area contributed by atoms with Gasteiger partial charge < -0.3 is 9.84 Å². The Morgan fingerprint density at radius 2 is 1.88 bits per heavy atom. The Hall–Kier alpha value is -0.0800. The number of aliphatic hydroxyl groups excluding tert-OH is 1. The number of rotatable bonds is 0. The molecule has 3 unspecified atom stereocenters. The maximum atomic E-state index is 10.4. The predicted molar refractivity (Wildman–Crippen MR) is 67.7 cm³/mol. The summed E-state index contributed by atoms with van der Waals surface area (Å²) in [6, 6.07) is 0. The van der Waals surface area contributed by atoms with E-state index < -0.39 is 0 Å². The third-order valence-corrected chi connectivity index (χ3v) is 5.95. The summed E-state index contributed by atoms with van der Waals surface area (Å²) in [7, 11) is 0. The molecule has 2 aliphatic carbocycles. The van der Waals surface area contributed by atoms with Gasteiger partial charge in [0.25, 0.3) is 0 Å². The molecule has 2 saturated heterocycles. The summed E-state index contributed by atoms with van der Waals surface area (Å²) < 4.78 is 6.46. The van der Waals surface area contributed by atoms with E-state index in [1.807, 2.05) is 0 Å². The summed E-state index contributed by atoms with van der Waals surface area (Å²) in [5, 5.41) is 10.4. The Kier molecular flexibility index (Phi) is 2.45. The van der Waals surface area contributed by atoms with Crippen molar-refractivity contribution in [2.24, 2.45) is 23.7 Å². The maximum absolute atomic E-state index is 10.4. The molecule has 0 amide bonds. The highest BCUT2D eigenvalue weighted by Gasteiger charge is 2.59. The summed E-state index contributed by atoms with van der Waals surface area (Å²) in [5.41, 5.74) is -0.0951. The molecule has 2 bridgehead atoms. The van der Waals surface area contributed by atoms with Crippen LogP contribution in [-0.4, -0.2) is 22.4 Å². The zero-order chi connectivity index (χ0) is 12.4. The van der Waals surface area contributed by atoms with E-state index in [4.69, 9.17) is 4.74 Å². The van der Waals surface area contributed by atoms with Gasteiger partial charge in [-0.25, -0.2) is 0 Å². The molecule has 98 valence electrons. The van der Waals surface area contributed by atoms with Crippen molar-refractivity contribution in [2.45, 2.75) is 70.7 Å². The third kappa shape index (κ3) is 1.60. The van der Waals surface area contributed by atoms with E-state index in [1.54, 1.807) is 0 Å². The second kappa shape index (κ2) is 3.48. The summed E-state index contributed by atoms with van der Waals surface area (Å²) in [5.74, 6) is 2.37. The van der Waals surface area contributed by atoms with Crippen LogP contribution in [0.1, 0.15) is 53.4 Å². The maximum Gasteiger partial charge on any atom is 0.0717 e. The quantitative estimate of drug-likeness (QED) is 0.703. The second-order valence-electron chi connectivity index (χ2n) is 7.46. The summed E-state index contributed by atoms with van der Waals surface area (Å²) in [6.07, 6.45) is 4.49. The Bertz CT molecular complexity index is 325. The van der Waals surface area contributed by atoms with Crippen molar-refractivity contribution in [3.05, 3.63) is 0 Å². The molecule has 0 radical (unpaired) electrons. The van der Waals surface area contributed by atoms with Gasteiger partial charge in [0.05, 0.1) is 17.3 Å². The number of ether oxygens (including phenoxy) is 1. The number of hydrogen-bond donors (Lipinski definition) is 1. The van der Waals surface area contributed by atoms with Crippen molar-refractivity contribution in [1.82, 2.24) is 0 Å². The van der Waals surface area contributed by atoms with Crippen LogP contribution in [0, 0.1) is 23.7 Å². The first kappa shape index (κ1) is 12.0. The van der Waals surface area contributed by atoms with Gasteiger partial charge in [0.2, 0.25) is 0 Å². The molecule has 0 aromatic rings. The number of fused-ring (bicyclic) bond motifs is 2. The topological polar surface area (TPSA) is 29.5 Å². The molecule has 4 rings (SSSR count). The van der Waals surface area contributed by atoms with Crippen LogP contribution < -0.4 is 0 Å². The molecule has 1 N–H and O–H groups in total. The van der Waals surface area contributed by atoms with E-state index in [-0.39, 0.29) is 17.3 Å². The van der Waals surface area contributed by atoms with Crippen LogP contribution in [0.5, 0.6) is 0 Å². The lowest BCUT2D eigenvalue weighted by Crippen LogP contribution is -2.51. The average molecular weight is 238 g/mol. The first-order valence-corrected chi connectivity index (χ1v) is 7.22. The zero-order valence-electron chi connectivity index (χ0n) is 11.6. The van der Waals surface area contributed by atoms with E-state index in [0.29, 0.717) is 23.7 Å². The second-order valence-corrected chi connectivity index (χ2v) is 7.46. The molecular formula is C15H26O2. The highest BCUT2D eigenvalue weighted by molar-refractivity contribution is 5.08. The van der Waals surface area contributed by atoms with Gasteiger partial charge in [0.1, 0.15) is 0 Å². The van der Waals surface area contributed by atoms with Crippen LogP contribution in [0.25, 0.3) is 0 Å². The van der Waals surface area contributed by atoms with Crippen LogP contribution in [0.2, 0.25) is 0 Å². The Morgan fingerprint density at radius 1 is 1.18 bits per heavy atom. The molecule has 4 fully saturated rings. The number of aliphatic hydroxyl groups is 1. The minimum atomic E-state index is -0.146. The standard InChI is InChI=1S/C15H26O2/c1-9-7-12(16)13-11(9)8-10-5-6-15(13,4)17-14(10,2)3/h9-13,16H,5-8H2,1-4H3/t9?,10-,11-,12?,13?,15+/m1/s1. The van der Waals surface area contributed by atoms with E-state index in [1.165, 1.54) is 12.8 Å². The summed E-state index contributed by atoms with van der Waals surface area (Å²) in [4.78, 5) is 0. The minimum Gasteiger partial charge on any atom is -0.393 e. The van der Waals surface area contributed by atoms with E-state index in [2.05, 4.69) is 27.7 Å². The van der Waals surface area contributed by atoms with Crippen molar-refractivity contribution in [1.29, 1.82) is 0 Å². The normalized spacial score (nSPS) is 56.6. The third-order valence-electron chi connectivity index (χ3n) is 5.95. The van der Waals surface area contributed by atoms with Gasteiger partial charge in [-0.1, -0.05) is 6.92 Å². The SMILES string of the molecule is CC1CC(O)C2[C@@H]1C[C@H]1CC[C@]2(C)OC1(C)C. The fourth-order valence-corrected chi connectivity index (χ4v) is 5.09. The Balaban J connectivity index is 2.01. The monoisotopic (exact) mass is 238 g/mol. The van der Waals surface area contributed by atoms with E-state index in [0.717, 1.165) is 12.8 Å². The van der Waals surface area contributed by atoms with Crippen LogP contribution in [0.15, 0.2) is 0 Å². The van der Waals surface area contributed by atoms with E-state index in [9.17, 15) is 5.11 Å². The molecule has 6 atom stereocenters. The van der Waals surface area contributed by atoms with Crippen molar-refractivity contribution in [3.63, 3.8) is 0 Å². The first-order chi connectivity index (χ1) is 7.83. The van der Waals surface area contributed by atoms with Gasteiger partial charge in [0.15, 0.2) is 0 Å². The highest BCUT2D eigenvalue weighted by atomic mass is 16.5. The predicted octanol–water partition coefficient (Wildman–Crippen LogP) is 2.99. The molecule has 2 nitrogen and oxygen atoms in total. The summed E-state index contributed by atoms with van der Waals surface area (Å²) >= 11 is 0. The van der Waals surface area contributed by atoms with Crippen LogP contribution >= 0.6 is 0 Å². The molecule has 2 saturated carbocycles. The lowest BCUT2D eigenvalue weighted by molar-refractivity contribution is -0.209. The first-order valence-electron chi connectivity index (χ1n) is 7.22. The van der Waals surface area contributed by atoms with Gasteiger partial charge in [0, 0.05) is 5.92 Å². The molecule has 17 heavy (non-hydrogen) atoms. The van der Waals surface area contributed by atoms with E-state index >= 15 is 0 Å². The fourth-order valence-electron chi connectivity index (χ4n) is 5.09. The molecule has 2 heterocycles. The van der Waals surface area contributed by atoms with Gasteiger partial charge in [-0.3, -0.25) is 0 Å². The van der Waals surface area contributed by atoms with Crippen molar-refractivity contribution in [2.75, 3.05) is 0 Å². The fraction of sp³-hybridized carbons (Fsp3) is 1.00. The van der Waals surface area contributed by atoms with Gasteiger partial charge in [-0.05, 0) is 64.2 Å². The molecule has 0 aromatic carbocycles. The largest absolute Gasteiger partial charge is 0.393 e. The number of hydrogen-bond acceptors (Lipinski definition) is 2. The smallest absolute Gasteiger partial charge is 0.0717 e. The molecule has 2 aliphatic heterocycles. The van der Waals surface area contributed by atoms with Crippen molar-refractivity contribution >= 4 is 0 Å². The van der Waals surface area contributed by atoms with Crippen molar-refractivity contribution < 1.29 is 9.84 Å². The van der Waals surface area contributed by atoms with Crippen molar-refractivity contribution in [3.8, 4) is 0 Å². The lowest BCUT2D eigenvalue weighted by atomic mass is 9.77. The Labute approximate surface area is 105 Å². The van der Waals surface area contributed by atoms with Gasteiger partial charge in [-0.2, -0.15) is 0 Å². The summed E-state index contributed by atoms with van der Waals surface area (Å²) in [6.45, 7) is 9.05. The molecular weight excluding hydrogens is 212 g/mol. The zero-order valence-corrected chi connectivity index (χ0v) is 11.6. The molecule has 0 aromatic heterocycles. The van der Waals surface area contributed by atoms with Gasteiger partial charge >= 0.3 is 0 Å². The molecule has 2 heteroatoms. The molecule has 0 spiro atoms.